The van der Waals surface area contributed by atoms with Gasteiger partial charge in [0.2, 0.25) is 0 Å². The zero-order valence-electron chi connectivity index (χ0n) is 12.8. The molecule has 1 aliphatic rings. The van der Waals surface area contributed by atoms with E-state index >= 15 is 0 Å². The zero-order chi connectivity index (χ0) is 16.1. The monoisotopic (exact) mass is 310 g/mol. The lowest BCUT2D eigenvalue weighted by Crippen LogP contribution is -2.24. The zero-order valence-corrected chi connectivity index (χ0v) is 12.8. The van der Waals surface area contributed by atoms with Crippen molar-refractivity contribution < 1.29 is 9.13 Å². The third-order valence-electron chi connectivity index (χ3n) is 4.20. The lowest BCUT2D eigenvalue weighted by Gasteiger charge is -2.19. The molecule has 0 saturated carbocycles. The van der Waals surface area contributed by atoms with Crippen LogP contribution in [0.15, 0.2) is 48.5 Å². The minimum absolute atomic E-state index is 0.0218. The largest absolute Gasteiger partial charge is 0.373 e. The molecule has 0 aromatic heterocycles. The number of nitrogens with zero attached hydrogens (tertiary/aromatic N) is 1. The molecule has 0 bridgehead atoms. The molecule has 1 saturated heterocycles. The summed E-state index contributed by atoms with van der Waals surface area (Å²) in [6, 6.07) is 16.3. The van der Waals surface area contributed by atoms with Crippen molar-refractivity contribution in [3.63, 3.8) is 0 Å². The van der Waals surface area contributed by atoms with Gasteiger partial charge in [0, 0.05) is 25.6 Å². The van der Waals surface area contributed by atoms with Crippen molar-refractivity contribution in [2.24, 2.45) is 5.92 Å². The summed E-state index contributed by atoms with van der Waals surface area (Å²) >= 11 is 0. The summed E-state index contributed by atoms with van der Waals surface area (Å²) in [6.07, 6.45) is 1.02. The van der Waals surface area contributed by atoms with Crippen LogP contribution in [0.2, 0.25) is 0 Å². The molecule has 1 fully saturated rings. The van der Waals surface area contributed by atoms with E-state index in [1.54, 1.807) is 18.2 Å². The molecule has 1 aliphatic heterocycles. The van der Waals surface area contributed by atoms with Crippen LogP contribution in [0.4, 0.5) is 4.39 Å². The minimum atomic E-state index is -0.223. The smallest absolute Gasteiger partial charge is 0.123 e. The van der Waals surface area contributed by atoms with Crippen LogP contribution in [0.1, 0.15) is 29.2 Å². The summed E-state index contributed by atoms with van der Waals surface area (Å²) in [5.74, 6) is 0.151. The van der Waals surface area contributed by atoms with Crippen LogP contribution in [0.25, 0.3) is 0 Å². The Bertz CT molecular complexity index is 693. The Hall–Kier alpha value is -2.22. The van der Waals surface area contributed by atoms with Gasteiger partial charge in [0.15, 0.2) is 0 Å². The number of ether oxygens (including phenoxy) is 1. The number of rotatable bonds is 5. The highest BCUT2D eigenvalue weighted by atomic mass is 19.1. The molecule has 1 heterocycles. The van der Waals surface area contributed by atoms with Crippen LogP contribution < -0.4 is 5.32 Å². The van der Waals surface area contributed by atoms with Crippen molar-refractivity contribution in [1.29, 1.82) is 5.26 Å². The fraction of sp³-hybridized carbons (Fsp3) is 0.316. The number of hydrogen-bond donors (Lipinski definition) is 1. The van der Waals surface area contributed by atoms with E-state index < -0.39 is 0 Å². The van der Waals surface area contributed by atoms with Gasteiger partial charge in [-0.1, -0.05) is 24.3 Å². The molecule has 3 nitrogen and oxygen atoms in total. The van der Waals surface area contributed by atoms with Crippen molar-refractivity contribution in [1.82, 2.24) is 5.32 Å². The fourth-order valence-electron chi connectivity index (χ4n) is 3.02. The second-order valence-corrected chi connectivity index (χ2v) is 5.83. The van der Waals surface area contributed by atoms with Crippen LogP contribution in [0.5, 0.6) is 0 Å². The first-order valence-electron chi connectivity index (χ1n) is 7.83. The molecule has 0 radical (unpaired) electrons. The van der Waals surface area contributed by atoms with E-state index in [0.717, 1.165) is 37.2 Å². The van der Waals surface area contributed by atoms with Crippen molar-refractivity contribution >= 4 is 0 Å². The number of nitrogens with one attached hydrogen (secondary N) is 1. The van der Waals surface area contributed by atoms with Gasteiger partial charge in [0.1, 0.15) is 5.82 Å². The first-order valence-corrected chi connectivity index (χ1v) is 7.83. The summed E-state index contributed by atoms with van der Waals surface area (Å²) in [7, 11) is 0. The number of hydrogen-bond acceptors (Lipinski definition) is 3. The third kappa shape index (κ3) is 3.95. The topological polar surface area (TPSA) is 45.0 Å². The standard InChI is InChI=1S/C19H19FN2O/c20-18-6-4-16(5-7-18)19-17(8-9-23-19)13-22-12-15-3-1-2-14(10-15)11-21/h1-7,10,17,19,22H,8-9,12-13H2/t17-,19-/m0/s1. The summed E-state index contributed by atoms with van der Waals surface area (Å²) in [4.78, 5) is 0. The van der Waals surface area contributed by atoms with Crippen LogP contribution in [0.3, 0.4) is 0 Å². The molecule has 0 aliphatic carbocycles. The van der Waals surface area contributed by atoms with Crippen molar-refractivity contribution in [2.75, 3.05) is 13.2 Å². The van der Waals surface area contributed by atoms with Gasteiger partial charge in [-0.25, -0.2) is 4.39 Å². The Balaban J connectivity index is 1.57. The fourth-order valence-corrected chi connectivity index (χ4v) is 3.02. The van der Waals surface area contributed by atoms with Crippen molar-refractivity contribution in [3.05, 3.63) is 71.0 Å². The van der Waals surface area contributed by atoms with Crippen molar-refractivity contribution in [2.45, 2.75) is 19.1 Å². The molecule has 23 heavy (non-hydrogen) atoms. The Labute approximate surface area is 135 Å². The van der Waals surface area contributed by atoms with Gasteiger partial charge in [-0.2, -0.15) is 5.26 Å². The van der Waals surface area contributed by atoms with Gasteiger partial charge in [-0.15, -0.1) is 0 Å². The van der Waals surface area contributed by atoms with Crippen LogP contribution in [-0.4, -0.2) is 13.2 Å². The molecular formula is C19H19FN2O. The molecule has 2 aromatic rings. The molecule has 2 atom stereocenters. The first-order chi connectivity index (χ1) is 11.3. The summed E-state index contributed by atoms with van der Waals surface area (Å²) < 4.78 is 18.9. The second kappa shape index (κ2) is 7.36. The lowest BCUT2D eigenvalue weighted by molar-refractivity contribution is 0.0904. The van der Waals surface area contributed by atoms with E-state index in [9.17, 15) is 4.39 Å². The average Bonchev–Trinajstić information content (AvgIpc) is 3.04. The highest BCUT2D eigenvalue weighted by molar-refractivity contribution is 5.32. The normalized spacial score (nSPS) is 20.3. The minimum Gasteiger partial charge on any atom is -0.373 e. The predicted octanol–water partition coefficient (Wildman–Crippen LogP) is 3.56. The van der Waals surface area contributed by atoms with Gasteiger partial charge >= 0.3 is 0 Å². The first kappa shape index (κ1) is 15.7. The van der Waals surface area contributed by atoms with Crippen molar-refractivity contribution in [3.8, 4) is 6.07 Å². The summed E-state index contributed by atoms with van der Waals surface area (Å²) in [6.45, 7) is 2.29. The highest BCUT2D eigenvalue weighted by Gasteiger charge is 2.29. The SMILES string of the molecule is N#Cc1cccc(CNC[C@@H]2CCO[C@H]2c2ccc(F)cc2)c1. The van der Waals surface area contributed by atoms with E-state index in [2.05, 4.69) is 11.4 Å². The van der Waals surface area contributed by atoms with E-state index in [1.807, 2.05) is 18.2 Å². The van der Waals surface area contributed by atoms with Crippen LogP contribution in [0, 0.1) is 23.1 Å². The maximum Gasteiger partial charge on any atom is 0.123 e. The summed E-state index contributed by atoms with van der Waals surface area (Å²) in [5, 5.41) is 12.4. The van der Waals surface area contributed by atoms with Crippen LogP contribution in [-0.2, 0) is 11.3 Å². The molecular weight excluding hydrogens is 291 g/mol. The quantitative estimate of drug-likeness (QED) is 0.918. The van der Waals surface area contributed by atoms with E-state index in [0.29, 0.717) is 11.5 Å². The Morgan fingerprint density at radius 3 is 2.83 bits per heavy atom. The second-order valence-electron chi connectivity index (χ2n) is 5.83. The van der Waals surface area contributed by atoms with Gasteiger partial charge in [-0.3, -0.25) is 0 Å². The Morgan fingerprint density at radius 1 is 1.22 bits per heavy atom. The molecule has 118 valence electrons. The maximum atomic E-state index is 13.0. The maximum absolute atomic E-state index is 13.0. The Kier molecular flexibility index (Phi) is 5.02. The molecule has 3 rings (SSSR count). The molecule has 0 amide bonds. The number of nitriles is 1. The molecule has 4 heteroatoms. The molecule has 2 aromatic carbocycles. The molecule has 0 spiro atoms. The van der Waals surface area contributed by atoms with Gasteiger partial charge in [-0.05, 0) is 41.8 Å². The van der Waals surface area contributed by atoms with Crippen LogP contribution >= 0.6 is 0 Å². The average molecular weight is 310 g/mol. The molecule has 1 N–H and O–H groups in total. The number of benzene rings is 2. The number of halogens is 1. The van der Waals surface area contributed by atoms with Gasteiger partial charge < -0.3 is 10.1 Å². The van der Waals surface area contributed by atoms with E-state index in [4.69, 9.17) is 10.00 Å². The summed E-state index contributed by atoms with van der Waals surface area (Å²) in [5.41, 5.74) is 2.81. The highest BCUT2D eigenvalue weighted by Crippen LogP contribution is 2.34. The van der Waals surface area contributed by atoms with E-state index in [-0.39, 0.29) is 11.9 Å². The third-order valence-corrected chi connectivity index (χ3v) is 4.20. The Morgan fingerprint density at radius 2 is 2.04 bits per heavy atom. The van der Waals surface area contributed by atoms with E-state index in [1.165, 1.54) is 12.1 Å². The predicted molar refractivity (Wildman–Crippen MR) is 86.1 cm³/mol. The van der Waals surface area contributed by atoms with Gasteiger partial charge in [0.25, 0.3) is 0 Å². The molecule has 0 unspecified atom stereocenters. The lowest BCUT2D eigenvalue weighted by atomic mass is 9.95. The van der Waals surface area contributed by atoms with Gasteiger partial charge in [0.05, 0.1) is 17.7 Å².